The number of aromatic nitrogens is 3. The summed E-state index contributed by atoms with van der Waals surface area (Å²) in [5.41, 5.74) is 1.03. The van der Waals surface area contributed by atoms with Gasteiger partial charge in [0.25, 0.3) is 5.91 Å². The van der Waals surface area contributed by atoms with Crippen LogP contribution in [0.2, 0.25) is 10.0 Å². The molecule has 2 heterocycles. The van der Waals surface area contributed by atoms with Crippen molar-refractivity contribution < 1.29 is 9.18 Å². The quantitative estimate of drug-likeness (QED) is 0.621. The van der Waals surface area contributed by atoms with Gasteiger partial charge in [0.1, 0.15) is 11.6 Å². The van der Waals surface area contributed by atoms with E-state index in [0.717, 1.165) is 44.1 Å². The summed E-state index contributed by atoms with van der Waals surface area (Å²) in [5, 5.41) is 12.1. The molecule has 0 bridgehead atoms. The van der Waals surface area contributed by atoms with Crippen LogP contribution in [0.25, 0.3) is 11.4 Å². The maximum Gasteiger partial charge on any atom is 0.258 e. The molecule has 1 aromatic heterocycles. The molecule has 1 aliphatic rings. The van der Waals surface area contributed by atoms with Gasteiger partial charge in [0.05, 0.1) is 10.6 Å². The first kappa shape index (κ1) is 18.9. The summed E-state index contributed by atoms with van der Waals surface area (Å²) >= 11 is 12.3. The van der Waals surface area contributed by atoms with Crippen molar-refractivity contribution in [2.45, 2.75) is 32.2 Å². The summed E-state index contributed by atoms with van der Waals surface area (Å²) in [5.74, 6) is 0.387. The van der Waals surface area contributed by atoms with Crippen LogP contribution in [0.4, 0.5) is 10.1 Å². The number of carbonyl (C=O) groups excluding carboxylic acids is 1. The van der Waals surface area contributed by atoms with Crippen molar-refractivity contribution >= 4 is 34.8 Å². The van der Waals surface area contributed by atoms with Gasteiger partial charge in [-0.25, -0.2) is 4.39 Å². The largest absolute Gasteiger partial charge is 0.322 e. The van der Waals surface area contributed by atoms with Crippen molar-refractivity contribution in [1.82, 2.24) is 14.8 Å². The van der Waals surface area contributed by atoms with Crippen molar-refractivity contribution in [3.05, 3.63) is 63.6 Å². The molecule has 144 valence electrons. The Kier molecular flexibility index (Phi) is 5.33. The van der Waals surface area contributed by atoms with Gasteiger partial charge in [0, 0.05) is 29.2 Å². The fourth-order valence-corrected chi connectivity index (χ4v) is 3.70. The summed E-state index contributed by atoms with van der Waals surface area (Å²) in [6, 6.07) is 8.92. The molecular weight excluding hydrogens is 402 g/mol. The van der Waals surface area contributed by atoms with Gasteiger partial charge in [0.15, 0.2) is 5.82 Å². The fourth-order valence-electron chi connectivity index (χ4n) is 3.33. The Morgan fingerprint density at radius 1 is 1.07 bits per heavy atom. The van der Waals surface area contributed by atoms with Crippen LogP contribution in [0.15, 0.2) is 36.4 Å². The van der Waals surface area contributed by atoms with E-state index in [9.17, 15) is 9.18 Å². The van der Waals surface area contributed by atoms with Crippen molar-refractivity contribution in [3.63, 3.8) is 0 Å². The van der Waals surface area contributed by atoms with E-state index in [1.807, 2.05) is 0 Å². The van der Waals surface area contributed by atoms with E-state index < -0.39 is 11.7 Å². The number of nitrogens with one attached hydrogen (secondary N) is 1. The van der Waals surface area contributed by atoms with Crippen molar-refractivity contribution in [3.8, 4) is 11.4 Å². The second-order valence-corrected chi connectivity index (χ2v) is 7.52. The summed E-state index contributed by atoms with van der Waals surface area (Å²) < 4.78 is 16.0. The number of rotatable bonds is 3. The smallest absolute Gasteiger partial charge is 0.258 e. The maximum atomic E-state index is 14.0. The fraction of sp³-hybridized carbons (Fsp3) is 0.250. The van der Waals surface area contributed by atoms with Crippen LogP contribution in [-0.4, -0.2) is 20.7 Å². The van der Waals surface area contributed by atoms with Crippen LogP contribution in [0.1, 0.15) is 35.4 Å². The van der Waals surface area contributed by atoms with Crippen LogP contribution in [0.5, 0.6) is 0 Å². The number of halogens is 3. The molecule has 0 saturated heterocycles. The molecule has 1 amide bonds. The number of fused-ring (bicyclic) bond motifs is 1. The highest BCUT2D eigenvalue weighted by molar-refractivity contribution is 6.33. The Labute approximate surface area is 171 Å². The molecule has 3 aromatic rings. The first-order chi connectivity index (χ1) is 13.5. The monoisotopic (exact) mass is 418 g/mol. The number of hydrogen-bond donors (Lipinski definition) is 1. The summed E-state index contributed by atoms with van der Waals surface area (Å²) in [6.07, 6.45) is 4.18. The predicted molar refractivity (Wildman–Crippen MR) is 107 cm³/mol. The van der Waals surface area contributed by atoms with E-state index in [4.69, 9.17) is 23.2 Å². The standard InChI is InChI=1S/C20H17Cl2FN4O/c21-12-5-8-17(23)15(10-12)20(28)24-13-6-7-16(22)14(11-13)19-26-25-18-4-2-1-3-9-27(18)19/h5-8,10-11H,1-4,9H2,(H,24,28). The summed E-state index contributed by atoms with van der Waals surface area (Å²) in [4.78, 5) is 12.5. The summed E-state index contributed by atoms with van der Waals surface area (Å²) in [7, 11) is 0. The number of anilines is 1. The molecule has 0 radical (unpaired) electrons. The van der Waals surface area contributed by atoms with Gasteiger partial charge >= 0.3 is 0 Å². The Morgan fingerprint density at radius 3 is 2.79 bits per heavy atom. The van der Waals surface area contributed by atoms with Crippen molar-refractivity contribution in [2.75, 3.05) is 5.32 Å². The van der Waals surface area contributed by atoms with Gasteiger partial charge in [-0.1, -0.05) is 29.6 Å². The first-order valence-corrected chi connectivity index (χ1v) is 9.77. The lowest BCUT2D eigenvalue weighted by atomic mass is 10.1. The zero-order chi connectivity index (χ0) is 19.7. The third kappa shape index (κ3) is 3.75. The van der Waals surface area contributed by atoms with E-state index in [-0.39, 0.29) is 10.6 Å². The Hall–Kier alpha value is -2.44. The zero-order valence-corrected chi connectivity index (χ0v) is 16.4. The maximum absolute atomic E-state index is 14.0. The zero-order valence-electron chi connectivity index (χ0n) is 14.9. The molecule has 0 atom stereocenters. The Balaban J connectivity index is 1.66. The van der Waals surface area contributed by atoms with E-state index in [1.165, 1.54) is 12.1 Å². The van der Waals surface area contributed by atoms with Gasteiger partial charge in [-0.2, -0.15) is 0 Å². The second-order valence-electron chi connectivity index (χ2n) is 6.68. The predicted octanol–water partition coefficient (Wildman–Crippen LogP) is 5.37. The molecule has 0 saturated carbocycles. The average Bonchev–Trinajstić information content (AvgIpc) is 2.93. The lowest BCUT2D eigenvalue weighted by Crippen LogP contribution is -2.14. The van der Waals surface area contributed by atoms with E-state index in [2.05, 4.69) is 20.1 Å². The Morgan fingerprint density at radius 2 is 1.93 bits per heavy atom. The average molecular weight is 419 g/mol. The lowest BCUT2D eigenvalue weighted by Gasteiger charge is -2.11. The molecule has 28 heavy (non-hydrogen) atoms. The highest BCUT2D eigenvalue weighted by atomic mass is 35.5. The summed E-state index contributed by atoms with van der Waals surface area (Å²) in [6.45, 7) is 0.832. The van der Waals surface area contributed by atoms with Gasteiger partial charge < -0.3 is 9.88 Å². The normalized spacial score (nSPS) is 13.7. The third-order valence-electron chi connectivity index (χ3n) is 4.75. The number of carbonyl (C=O) groups is 1. The molecule has 2 aromatic carbocycles. The van der Waals surface area contributed by atoms with Crippen LogP contribution >= 0.6 is 23.2 Å². The minimum Gasteiger partial charge on any atom is -0.322 e. The lowest BCUT2D eigenvalue weighted by molar-refractivity contribution is 0.102. The molecule has 0 spiro atoms. The molecule has 0 fully saturated rings. The molecule has 5 nitrogen and oxygen atoms in total. The minimum atomic E-state index is -0.640. The minimum absolute atomic E-state index is 0.125. The van der Waals surface area contributed by atoms with Crippen molar-refractivity contribution in [1.29, 1.82) is 0 Å². The molecular formula is C20H17Cl2FN4O. The number of nitrogens with zero attached hydrogens (tertiary/aromatic N) is 3. The van der Waals surface area contributed by atoms with Gasteiger partial charge in [-0.05, 0) is 49.2 Å². The molecule has 1 N–H and O–H groups in total. The third-order valence-corrected chi connectivity index (χ3v) is 5.31. The van der Waals surface area contributed by atoms with E-state index >= 15 is 0 Å². The van der Waals surface area contributed by atoms with Crippen LogP contribution in [0.3, 0.4) is 0 Å². The second kappa shape index (κ2) is 7.89. The SMILES string of the molecule is O=C(Nc1ccc(Cl)c(-c2nnc3n2CCCCC3)c1)c1cc(Cl)ccc1F. The molecule has 4 rings (SSSR count). The topological polar surface area (TPSA) is 59.8 Å². The van der Waals surface area contributed by atoms with Crippen LogP contribution in [0, 0.1) is 5.82 Å². The molecule has 1 aliphatic heterocycles. The highest BCUT2D eigenvalue weighted by Crippen LogP contribution is 2.31. The number of hydrogen-bond acceptors (Lipinski definition) is 3. The van der Waals surface area contributed by atoms with Gasteiger partial charge in [-0.3, -0.25) is 4.79 Å². The Bertz CT molecular complexity index is 1050. The highest BCUT2D eigenvalue weighted by Gasteiger charge is 2.19. The van der Waals surface area contributed by atoms with E-state index in [0.29, 0.717) is 22.1 Å². The number of benzene rings is 2. The number of amides is 1. The number of aryl methyl sites for hydroxylation is 1. The van der Waals surface area contributed by atoms with Crippen molar-refractivity contribution in [2.24, 2.45) is 0 Å². The van der Waals surface area contributed by atoms with Gasteiger partial charge in [-0.15, -0.1) is 10.2 Å². The molecule has 0 unspecified atom stereocenters. The van der Waals surface area contributed by atoms with Crippen LogP contribution < -0.4 is 5.32 Å². The molecule has 0 aliphatic carbocycles. The van der Waals surface area contributed by atoms with Crippen LogP contribution in [-0.2, 0) is 13.0 Å². The van der Waals surface area contributed by atoms with E-state index in [1.54, 1.807) is 18.2 Å². The first-order valence-electron chi connectivity index (χ1n) is 9.01. The molecule has 8 heteroatoms. The van der Waals surface area contributed by atoms with Gasteiger partial charge in [0.2, 0.25) is 0 Å².